The van der Waals surface area contributed by atoms with Crippen molar-refractivity contribution in [3.63, 3.8) is 0 Å². The van der Waals surface area contributed by atoms with Gasteiger partial charge in [-0.25, -0.2) is 0 Å². The van der Waals surface area contributed by atoms with E-state index in [0.29, 0.717) is 0 Å². The van der Waals surface area contributed by atoms with Crippen LogP contribution in [-0.4, -0.2) is 8.97 Å². The van der Waals surface area contributed by atoms with Gasteiger partial charge in [0.1, 0.15) is 0 Å². The Labute approximate surface area is 208 Å². The Morgan fingerprint density at radius 3 is 1.78 bits per heavy atom. The summed E-state index contributed by atoms with van der Waals surface area (Å²) in [6.45, 7) is 0. The maximum Gasteiger partial charge on any atom is 0.0797 e. The number of pyridine rings is 1. The van der Waals surface area contributed by atoms with Crippen molar-refractivity contribution in [3.05, 3.63) is 133 Å². The SMILES string of the molecule is c1ccc(-c2ccccc2-n2c3ccccc3c3c2cc2c4ccccc4c4ccccc4n23)cc1. The molecule has 0 radical (unpaired) electrons. The first-order valence-corrected chi connectivity index (χ1v) is 12.4. The zero-order chi connectivity index (χ0) is 23.6. The molecule has 2 heteroatoms. The summed E-state index contributed by atoms with van der Waals surface area (Å²) in [5, 5.41) is 5.11. The molecule has 0 unspecified atom stereocenters. The van der Waals surface area contributed by atoms with Gasteiger partial charge in [-0.15, -0.1) is 0 Å². The van der Waals surface area contributed by atoms with Gasteiger partial charge in [0.05, 0.1) is 33.3 Å². The highest BCUT2D eigenvalue weighted by Crippen LogP contribution is 2.41. The Balaban J connectivity index is 1.62. The minimum absolute atomic E-state index is 1.19. The maximum absolute atomic E-state index is 2.47. The number of aromatic nitrogens is 2. The number of hydrogen-bond donors (Lipinski definition) is 0. The van der Waals surface area contributed by atoms with Gasteiger partial charge in [0.15, 0.2) is 0 Å². The molecule has 0 N–H and O–H groups in total. The van der Waals surface area contributed by atoms with Crippen molar-refractivity contribution in [2.24, 2.45) is 0 Å². The van der Waals surface area contributed by atoms with E-state index in [1.807, 2.05) is 0 Å². The molecule has 5 aromatic carbocycles. The fourth-order valence-electron chi connectivity index (χ4n) is 6.00. The fourth-order valence-corrected chi connectivity index (χ4v) is 6.00. The lowest BCUT2D eigenvalue weighted by Gasteiger charge is -2.13. The number of benzene rings is 5. The standard InChI is InChI=1S/C34H22N2/c1-2-12-23(13-3-1)24-14-6-9-19-29(24)35-31-21-11-8-18-28(31)34-33(35)22-32-27-17-5-4-15-25(27)26-16-7-10-20-30(26)36(32)34/h1-22H. The summed E-state index contributed by atoms with van der Waals surface area (Å²) in [5.41, 5.74) is 9.82. The summed E-state index contributed by atoms with van der Waals surface area (Å²) in [7, 11) is 0. The van der Waals surface area contributed by atoms with Crippen LogP contribution in [-0.2, 0) is 0 Å². The summed E-state index contributed by atoms with van der Waals surface area (Å²) < 4.78 is 4.92. The number of nitrogens with zero attached hydrogens (tertiary/aromatic N) is 2. The van der Waals surface area contributed by atoms with E-state index in [1.165, 1.54) is 65.9 Å². The van der Waals surface area contributed by atoms with Gasteiger partial charge in [0, 0.05) is 21.7 Å². The zero-order valence-electron chi connectivity index (χ0n) is 19.6. The van der Waals surface area contributed by atoms with Crippen LogP contribution in [0, 0.1) is 0 Å². The van der Waals surface area contributed by atoms with Crippen molar-refractivity contribution in [2.45, 2.75) is 0 Å². The van der Waals surface area contributed by atoms with Crippen LogP contribution in [0.2, 0.25) is 0 Å². The Morgan fingerprint density at radius 1 is 0.389 bits per heavy atom. The van der Waals surface area contributed by atoms with E-state index in [-0.39, 0.29) is 0 Å². The summed E-state index contributed by atoms with van der Waals surface area (Å²) in [6.07, 6.45) is 0. The average Bonchev–Trinajstić information content (AvgIpc) is 3.49. The Kier molecular flexibility index (Phi) is 3.97. The molecule has 168 valence electrons. The molecule has 8 rings (SSSR count). The highest BCUT2D eigenvalue weighted by molar-refractivity contribution is 6.19. The lowest BCUT2D eigenvalue weighted by atomic mass is 10.0. The molecule has 0 saturated carbocycles. The van der Waals surface area contributed by atoms with Gasteiger partial charge in [-0.05, 0) is 35.2 Å². The van der Waals surface area contributed by atoms with Gasteiger partial charge in [-0.3, -0.25) is 0 Å². The zero-order valence-corrected chi connectivity index (χ0v) is 19.6. The normalized spacial score (nSPS) is 11.9. The van der Waals surface area contributed by atoms with Gasteiger partial charge >= 0.3 is 0 Å². The van der Waals surface area contributed by atoms with Crippen molar-refractivity contribution in [3.8, 4) is 16.8 Å². The van der Waals surface area contributed by atoms with Crippen LogP contribution in [0.25, 0.3) is 65.9 Å². The fraction of sp³-hybridized carbons (Fsp3) is 0. The van der Waals surface area contributed by atoms with Gasteiger partial charge in [0.2, 0.25) is 0 Å². The second-order valence-electron chi connectivity index (χ2n) is 9.40. The summed E-state index contributed by atoms with van der Waals surface area (Å²) in [5.74, 6) is 0. The largest absolute Gasteiger partial charge is 0.307 e. The predicted octanol–water partition coefficient (Wildman–Crippen LogP) is 9.01. The minimum Gasteiger partial charge on any atom is -0.307 e. The number of rotatable bonds is 2. The second kappa shape index (κ2) is 7.34. The topological polar surface area (TPSA) is 9.34 Å². The Hall–Kier alpha value is -4.82. The number of fused-ring (bicyclic) bond motifs is 10. The molecular weight excluding hydrogens is 436 g/mol. The quantitative estimate of drug-likeness (QED) is 0.229. The maximum atomic E-state index is 2.47. The summed E-state index contributed by atoms with van der Waals surface area (Å²) in [6, 6.07) is 48.2. The number of para-hydroxylation sites is 3. The molecule has 0 fully saturated rings. The summed E-state index contributed by atoms with van der Waals surface area (Å²) >= 11 is 0. The van der Waals surface area contributed by atoms with Crippen LogP contribution in [0.15, 0.2) is 133 Å². The van der Waals surface area contributed by atoms with Crippen LogP contribution in [0.3, 0.4) is 0 Å². The van der Waals surface area contributed by atoms with E-state index >= 15 is 0 Å². The van der Waals surface area contributed by atoms with Crippen molar-refractivity contribution in [1.82, 2.24) is 8.97 Å². The number of hydrogen-bond acceptors (Lipinski definition) is 0. The van der Waals surface area contributed by atoms with Gasteiger partial charge in [-0.1, -0.05) is 109 Å². The molecule has 0 aliphatic rings. The van der Waals surface area contributed by atoms with Crippen molar-refractivity contribution in [1.29, 1.82) is 0 Å². The molecule has 36 heavy (non-hydrogen) atoms. The predicted molar refractivity (Wildman–Crippen MR) is 152 cm³/mol. The molecule has 3 heterocycles. The van der Waals surface area contributed by atoms with Crippen molar-refractivity contribution < 1.29 is 0 Å². The molecule has 0 amide bonds. The van der Waals surface area contributed by atoms with E-state index < -0.39 is 0 Å². The minimum atomic E-state index is 1.19. The molecule has 0 spiro atoms. The lowest BCUT2D eigenvalue weighted by molar-refractivity contribution is 1.18. The molecule has 0 aliphatic heterocycles. The average molecular weight is 459 g/mol. The first-order chi connectivity index (χ1) is 17.9. The third kappa shape index (κ3) is 2.56. The third-order valence-electron chi connectivity index (χ3n) is 7.49. The highest BCUT2D eigenvalue weighted by atomic mass is 15.0. The smallest absolute Gasteiger partial charge is 0.0797 e. The van der Waals surface area contributed by atoms with Crippen LogP contribution in [0.1, 0.15) is 0 Å². The second-order valence-corrected chi connectivity index (χ2v) is 9.40. The van der Waals surface area contributed by atoms with E-state index in [1.54, 1.807) is 0 Å². The summed E-state index contributed by atoms with van der Waals surface area (Å²) in [4.78, 5) is 0. The molecule has 8 aromatic rings. The van der Waals surface area contributed by atoms with Crippen LogP contribution < -0.4 is 0 Å². The molecule has 0 aliphatic carbocycles. The molecule has 0 atom stereocenters. The highest BCUT2D eigenvalue weighted by Gasteiger charge is 2.20. The van der Waals surface area contributed by atoms with Gasteiger partial charge in [-0.2, -0.15) is 0 Å². The van der Waals surface area contributed by atoms with Crippen LogP contribution in [0.5, 0.6) is 0 Å². The first-order valence-electron chi connectivity index (χ1n) is 12.4. The van der Waals surface area contributed by atoms with Gasteiger partial charge in [0.25, 0.3) is 0 Å². The van der Waals surface area contributed by atoms with Crippen LogP contribution in [0.4, 0.5) is 0 Å². The Morgan fingerprint density at radius 2 is 0.972 bits per heavy atom. The third-order valence-corrected chi connectivity index (χ3v) is 7.49. The van der Waals surface area contributed by atoms with E-state index in [9.17, 15) is 0 Å². The molecule has 3 aromatic heterocycles. The lowest BCUT2D eigenvalue weighted by Crippen LogP contribution is -1.96. The molecule has 2 nitrogen and oxygen atoms in total. The van der Waals surface area contributed by atoms with Gasteiger partial charge < -0.3 is 8.97 Å². The Bertz CT molecular complexity index is 2090. The van der Waals surface area contributed by atoms with E-state index in [4.69, 9.17) is 0 Å². The monoisotopic (exact) mass is 458 g/mol. The van der Waals surface area contributed by atoms with Crippen molar-refractivity contribution in [2.75, 3.05) is 0 Å². The molecule has 0 saturated heterocycles. The molecular formula is C34H22N2. The van der Waals surface area contributed by atoms with E-state index in [0.717, 1.165) is 0 Å². The van der Waals surface area contributed by atoms with Crippen molar-refractivity contribution >= 4 is 49.1 Å². The molecule has 0 bridgehead atoms. The first kappa shape index (κ1) is 19.5. The van der Waals surface area contributed by atoms with E-state index in [2.05, 4.69) is 142 Å². The van der Waals surface area contributed by atoms with Crippen LogP contribution >= 0.6 is 0 Å².